The molecule has 2 fully saturated rings. The molecule has 0 aliphatic heterocycles. The van der Waals surface area contributed by atoms with Crippen LogP contribution in [0.5, 0.6) is 5.75 Å². The first-order chi connectivity index (χ1) is 10.2. The lowest BCUT2D eigenvalue weighted by Gasteiger charge is -2.57. The van der Waals surface area contributed by atoms with Crippen LogP contribution in [0.3, 0.4) is 0 Å². The summed E-state index contributed by atoms with van der Waals surface area (Å²) < 4.78 is 19.2. The van der Waals surface area contributed by atoms with Gasteiger partial charge in [0.25, 0.3) is 0 Å². The molecule has 0 aromatic heterocycles. The van der Waals surface area contributed by atoms with E-state index in [1.54, 1.807) is 12.1 Å². The molecular formula is C18H26FNO. The third-order valence-corrected chi connectivity index (χ3v) is 5.30. The Morgan fingerprint density at radius 1 is 1.19 bits per heavy atom. The minimum absolute atomic E-state index is 0.203. The van der Waals surface area contributed by atoms with Gasteiger partial charge < -0.3 is 10.1 Å². The van der Waals surface area contributed by atoms with E-state index in [-0.39, 0.29) is 11.9 Å². The minimum atomic E-state index is -0.203. The van der Waals surface area contributed by atoms with Crippen molar-refractivity contribution < 1.29 is 9.13 Å². The van der Waals surface area contributed by atoms with E-state index < -0.39 is 0 Å². The summed E-state index contributed by atoms with van der Waals surface area (Å²) in [4.78, 5) is 0. The smallest absolute Gasteiger partial charge is 0.123 e. The first-order valence-electron chi connectivity index (χ1n) is 8.40. The molecule has 2 unspecified atom stereocenters. The van der Waals surface area contributed by atoms with Crippen LogP contribution in [0.1, 0.15) is 51.9 Å². The predicted molar refractivity (Wildman–Crippen MR) is 83.0 cm³/mol. The molecule has 2 aliphatic carbocycles. The molecule has 0 bridgehead atoms. The highest BCUT2D eigenvalue weighted by Crippen LogP contribution is 2.53. The highest BCUT2D eigenvalue weighted by Gasteiger charge is 2.56. The third kappa shape index (κ3) is 2.94. The van der Waals surface area contributed by atoms with Crippen LogP contribution in [0, 0.1) is 11.2 Å². The minimum Gasteiger partial charge on any atom is -0.490 e. The number of rotatable bonds is 5. The molecule has 0 amide bonds. The van der Waals surface area contributed by atoms with Crippen LogP contribution in [0.4, 0.5) is 4.39 Å². The Kier molecular flexibility index (Phi) is 4.48. The molecule has 2 nitrogen and oxygen atoms in total. The van der Waals surface area contributed by atoms with E-state index >= 15 is 0 Å². The number of nitrogens with one attached hydrogen (secondary N) is 1. The number of benzene rings is 1. The molecule has 2 atom stereocenters. The number of hydrogen-bond donors (Lipinski definition) is 1. The average Bonchev–Trinajstić information content (AvgIpc) is 2.53. The summed E-state index contributed by atoms with van der Waals surface area (Å²) in [5.74, 6) is 0.603. The summed E-state index contributed by atoms with van der Waals surface area (Å²) in [6.45, 7) is 3.31. The van der Waals surface area contributed by atoms with E-state index in [9.17, 15) is 4.39 Å². The van der Waals surface area contributed by atoms with Crippen molar-refractivity contribution in [2.75, 3.05) is 6.54 Å². The Labute approximate surface area is 127 Å². The van der Waals surface area contributed by atoms with E-state index in [2.05, 4.69) is 12.2 Å². The standard InChI is InChI=1S/C18H26FNO/c1-2-12-20-16-13-17(18(16)10-4-3-5-11-18)21-15-8-6-14(19)7-9-15/h6-9,16-17,20H,2-5,10-13H2,1H3. The lowest BCUT2D eigenvalue weighted by atomic mass is 9.55. The fraction of sp³-hybridized carbons (Fsp3) is 0.667. The molecule has 116 valence electrons. The van der Waals surface area contributed by atoms with Gasteiger partial charge in [0.1, 0.15) is 17.7 Å². The van der Waals surface area contributed by atoms with Gasteiger partial charge in [-0.3, -0.25) is 0 Å². The number of ether oxygens (including phenoxy) is 1. The predicted octanol–water partition coefficient (Wildman–Crippen LogP) is 4.30. The molecular weight excluding hydrogens is 265 g/mol. The van der Waals surface area contributed by atoms with E-state index in [4.69, 9.17) is 4.74 Å². The van der Waals surface area contributed by atoms with Gasteiger partial charge in [-0.1, -0.05) is 26.2 Å². The van der Waals surface area contributed by atoms with Gasteiger partial charge in [0.05, 0.1) is 0 Å². The molecule has 0 radical (unpaired) electrons. The zero-order valence-corrected chi connectivity index (χ0v) is 12.9. The van der Waals surface area contributed by atoms with Gasteiger partial charge in [-0.2, -0.15) is 0 Å². The summed E-state index contributed by atoms with van der Waals surface area (Å²) in [6.07, 6.45) is 9.05. The summed E-state index contributed by atoms with van der Waals surface area (Å²) in [6, 6.07) is 7.06. The molecule has 3 heteroatoms. The van der Waals surface area contributed by atoms with Gasteiger partial charge in [-0.15, -0.1) is 0 Å². The van der Waals surface area contributed by atoms with Crippen molar-refractivity contribution in [1.29, 1.82) is 0 Å². The monoisotopic (exact) mass is 291 g/mol. The van der Waals surface area contributed by atoms with Crippen molar-refractivity contribution in [2.45, 2.75) is 64.0 Å². The maximum Gasteiger partial charge on any atom is 0.123 e. The van der Waals surface area contributed by atoms with E-state index in [1.165, 1.54) is 50.7 Å². The van der Waals surface area contributed by atoms with Crippen LogP contribution >= 0.6 is 0 Å². The zero-order chi connectivity index (χ0) is 14.7. The Balaban J connectivity index is 1.68. The molecule has 1 aromatic carbocycles. The van der Waals surface area contributed by atoms with Gasteiger partial charge in [0, 0.05) is 17.9 Å². The maximum atomic E-state index is 13.0. The highest BCUT2D eigenvalue weighted by atomic mass is 19.1. The average molecular weight is 291 g/mol. The van der Waals surface area contributed by atoms with Crippen molar-refractivity contribution in [3.8, 4) is 5.75 Å². The summed E-state index contributed by atoms with van der Waals surface area (Å²) in [5.41, 5.74) is 0.307. The number of hydrogen-bond acceptors (Lipinski definition) is 2. The second-order valence-electron chi connectivity index (χ2n) is 6.60. The van der Waals surface area contributed by atoms with Gasteiger partial charge in [-0.25, -0.2) is 4.39 Å². The molecule has 3 rings (SSSR count). The van der Waals surface area contributed by atoms with Crippen LogP contribution in [-0.4, -0.2) is 18.7 Å². The lowest BCUT2D eigenvalue weighted by molar-refractivity contribution is -0.103. The van der Waals surface area contributed by atoms with Crippen molar-refractivity contribution in [2.24, 2.45) is 5.41 Å². The van der Waals surface area contributed by atoms with Crippen LogP contribution in [0.2, 0.25) is 0 Å². The van der Waals surface area contributed by atoms with Crippen molar-refractivity contribution in [3.05, 3.63) is 30.1 Å². The van der Waals surface area contributed by atoms with Crippen LogP contribution in [0.15, 0.2) is 24.3 Å². The normalized spacial score (nSPS) is 27.3. The molecule has 1 spiro atoms. The molecule has 0 saturated heterocycles. The first kappa shape index (κ1) is 14.8. The quantitative estimate of drug-likeness (QED) is 0.873. The lowest BCUT2D eigenvalue weighted by Crippen LogP contribution is -2.65. The van der Waals surface area contributed by atoms with Gasteiger partial charge in [-0.05, 0) is 50.1 Å². The SMILES string of the molecule is CCCNC1CC(Oc2ccc(F)cc2)C12CCCCC2. The first-order valence-corrected chi connectivity index (χ1v) is 8.40. The van der Waals surface area contributed by atoms with E-state index in [0.29, 0.717) is 11.5 Å². The van der Waals surface area contributed by atoms with Gasteiger partial charge >= 0.3 is 0 Å². The van der Waals surface area contributed by atoms with E-state index in [0.717, 1.165) is 18.7 Å². The summed E-state index contributed by atoms with van der Waals surface area (Å²) >= 11 is 0. The third-order valence-electron chi connectivity index (χ3n) is 5.30. The summed E-state index contributed by atoms with van der Waals surface area (Å²) in [7, 11) is 0. The molecule has 2 saturated carbocycles. The van der Waals surface area contributed by atoms with Crippen LogP contribution in [0.25, 0.3) is 0 Å². The van der Waals surface area contributed by atoms with E-state index in [1.807, 2.05) is 0 Å². The maximum absolute atomic E-state index is 13.0. The Hall–Kier alpha value is -1.09. The fourth-order valence-electron chi connectivity index (χ4n) is 4.08. The molecule has 21 heavy (non-hydrogen) atoms. The molecule has 1 aromatic rings. The fourth-order valence-corrected chi connectivity index (χ4v) is 4.08. The summed E-state index contributed by atoms with van der Waals surface area (Å²) in [5, 5.41) is 3.71. The Morgan fingerprint density at radius 2 is 1.90 bits per heavy atom. The molecule has 0 heterocycles. The Bertz CT molecular complexity index is 453. The van der Waals surface area contributed by atoms with Crippen LogP contribution in [-0.2, 0) is 0 Å². The van der Waals surface area contributed by atoms with Gasteiger partial charge in [0.2, 0.25) is 0 Å². The number of halogens is 1. The van der Waals surface area contributed by atoms with Gasteiger partial charge in [0.15, 0.2) is 0 Å². The van der Waals surface area contributed by atoms with Crippen molar-refractivity contribution >= 4 is 0 Å². The second kappa shape index (κ2) is 6.35. The largest absolute Gasteiger partial charge is 0.490 e. The highest BCUT2D eigenvalue weighted by molar-refractivity contribution is 5.24. The Morgan fingerprint density at radius 3 is 2.57 bits per heavy atom. The van der Waals surface area contributed by atoms with Crippen LogP contribution < -0.4 is 10.1 Å². The van der Waals surface area contributed by atoms with Crippen molar-refractivity contribution in [1.82, 2.24) is 5.32 Å². The zero-order valence-electron chi connectivity index (χ0n) is 12.9. The second-order valence-corrected chi connectivity index (χ2v) is 6.60. The molecule has 2 aliphatic rings. The topological polar surface area (TPSA) is 21.3 Å². The van der Waals surface area contributed by atoms with Crippen molar-refractivity contribution in [3.63, 3.8) is 0 Å². The molecule has 1 N–H and O–H groups in total.